The van der Waals surface area contributed by atoms with Crippen molar-refractivity contribution in [2.75, 3.05) is 44.3 Å². The van der Waals surface area contributed by atoms with E-state index in [2.05, 4.69) is 56.6 Å². The van der Waals surface area contributed by atoms with Gasteiger partial charge < -0.3 is 24.7 Å². The molecule has 2 N–H and O–H groups in total. The van der Waals surface area contributed by atoms with Crippen LogP contribution in [0.25, 0.3) is 33.4 Å². The van der Waals surface area contributed by atoms with Gasteiger partial charge in [0.2, 0.25) is 0 Å². The Morgan fingerprint density at radius 2 is 1.75 bits per heavy atom. The second-order valence-corrected chi connectivity index (χ2v) is 9.34. The van der Waals surface area contributed by atoms with Crippen molar-refractivity contribution in [2.45, 2.75) is 18.9 Å². The van der Waals surface area contributed by atoms with Crippen molar-refractivity contribution >= 4 is 16.7 Å². The summed E-state index contributed by atoms with van der Waals surface area (Å²) in [5.41, 5.74) is 6.78. The number of hydrogen-bond donors (Lipinski definition) is 2. The highest BCUT2D eigenvalue weighted by Crippen LogP contribution is 2.34. The summed E-state index contributed by atoms with van der Waals surface area (Å²) in [7, 11) is 0. The molecule has 0 spiro atoms. The molecule has 0 atom stereocenters. The molecular weight excluding hydrogens is 450 g/mol. The van der Waals surface area contributed by atoms with Crippen LogP contribution in [0.5, 0.6) is 5.75 Å². The van der Waals surface area contributed by atoms with E-state index in [0.29, 0.717) is 24.5 Å². The monoisotopic (exact) mass is 479 g/mol. The largest absolute Gasteiger partial charge is 0.489 e. The second kappa shape index (κ2) is 10.0. The number of aromatic amines is 1. The maximum absolute atomic E-state index is 9.82. The molecule has 4 aromatic rings. The minimum atomic E-state index is 0.0922. The quantitative estimate of drug-likeness (QED) is 0.430. The van der Waals surface area contributed by atoms with Gasteiger partial charge in [0.05, 0.1) is 18.8 Å². The molecule has 6 rings (SSSR count). The molecular formula is C29H29N5O2. The second-order valence-electron chi connectivity index (χ2n) is 9.34. The number of fused-ring (bicyclic) bond motifs is 1. The minimum absolute atomic E-state index is 0.0922. The van der Waals surface area contributed by atoms with Crippen molar-refractivity contribution in [1.29, 1.82) is 5.26 Å². The Morgan fingerprint density at radius 3 is 2.53 bits per heavy atom. The number of H-pyrrole nitrogens is 1. The minimum Gasteiger partial charge on any atom is -0.489 e. The molecule has 7 nitrogen and oxygen atoms in total. The zero-order valence-corrected chi connectivity index (χ0v) is 20.2. The van der Waals surface area contributed by atoms with E-state index in [0.717, 1.165) is 72.4 Å². The van der Waals surface area contributed by atoms with Gasteiger partial charge in [-0.05, 0) is 53.1 Å². The molecule has 0 bridgehead atoms. The third-order valence-electron chi connectivity index (χ3n) is 7.07. The van der Waals surface area contributed by atoms with Crippen LogP contribution in [0.2, 0.25) is 0 Å². The van der Waals surface area contributed by atoms with Crippen molar-refractivity contribution < 1.29 is 9.47 Å². The summed E-state index contributed by atoms with van der Waals surface area (Å²) in [6.07, 6.45) is 3.60. The molecule has 4 heterocycles. The van der Waals surface area contributed by atoms with Crippen LogP contribution in [0.15, 0.2) is 60.8 Å². The fourth-order valence-corrected chi connectivity index (χ4v) is 5.07. The summed E-state index contributed by atoms with van der Waals surface area (Å²) in [6, 6.07) is 21.0. The summed E-state index contributed by atoms with van der Waals surface area (Å²) in [4.78, 5) is 10.5. The number of nitriles is 1. The molecule has 2 aromatic heterocycles. The molecule has 0 radical (unpaired) electrons. The van der Waals surface area contributed by atoms with Crippen LogP contribution in [-0.2, 0) is 4.74 Å². The Bertz CT molecular complexity index is 1390. The molecule has 7 heteroatoms. The van der Waals surface area contributed by atoms with Crippen molar-refractivity contribution in [3.05, 3.63) is 66.4 Å². The first kappa shape index (κ1) is 22.6. The zero-order chi connectivity index (χ0) is 24.3. The van der Waals surface area contributed by atoms with E-state index in [-0.39, 0.29) is 6.10 Å². The number of pyridine rings is 1. The van der Waals surface area contributed by atoms with Gasteiger partial charge in [-0.2, -0.15) is 5.26 Å². The van der Waals surface area contributed by atoms with E-state index in [9.17, 15) is 5.26 Å². The first-order valence-electron chi connectivity index (χ1n) is 12.6. The molecule has 0 amide bonds. The van der Waals surface area contributed by atoms with E-state index in [1.807, 2.05) is 30.5 Å². The van der Waals surface area contributed by atoms with Gasteiger partial charge in [-0.15, -0.1) is 0 Å². The maximum Gasteiger partial charge on any atom is 0.138 e. The van der Waals surface area contributed by atoms with E-state index in [1.54, 1.807) is 0 Å². The third-order valence-corrected chi connectivity index (χ3v) is 7.07. The van der Waals surface area contributed by atoms with Gasteiger partial charge in [-0.3, -0.25) is 0 Å². The zero-order valence-electron chi connectivity index (χ0n) is 20.2. The fraction of sp³-hybridized carbons (Fsp3) is 0.310. The summed E-state index contributed by atoms with van der Waals surface area (Å²) in [5, 5.41) is 14.3. The highest BCUT2D eigenvalue weighted by atomic mass is 16.5. The number of piperazine rings is 1. The van der Waals surface area contributed by atoms with Crippen molar-refractivity contribution in [2.24, 2.45) is 0 Å². The standard InChI is InChI=1S/C29H29N5O2/c30-19-22-17-21(3-6-28(22)36-24-8-15-35-16-9-24)25-7-10-32-29-26(25)18-27(33-29)20-1-4-23(5-2-20)34-13-11-31-12-14-34/h1-7,10,17-18,24,31H,8-9,11-16H2,(H,32,33). The lowest BCUT2D eigenvalue weighted by Crippen LogP contribution is -2.43. The van der Waals surface area contributed by atoms with Crippen LogP contribution in [0.1, 0.15) is 18.4 Å². The van der Waals surface area contributed by atoms with E-state index in [4.69, 9.17) is 9.47 Å². The summed E-state index contributed by atoms with van der Waals surface area (Å²) >= 11 is 0. The van der Waals surface area contributed by atoms with Crippen molar-refractivity contribution in [3.8, 4) is 34.2 Å². The molecule has 2 aliphatic rings. The van der Waals surface area contributed by atoms with Gasteiger partial charge in [0.1, 0.15) is 23.6 Å². The number of ether oxygens (including phenoxy) is 2. The average Bonchev–Trinajstić information content (AvgIpc) is 3.39. The lowest BCUT2D eigenvalue weighted by molar-refractivity contribution is 0.0254. The van der Waals surface area contributed by atoms with Crippen LogP contribution in [0, 0.1) is 11.3 Å². The predicted molar refractivity (Wildman–Crippen MR) is 141 cm³/mol. The number of rotatable bonds is 5. The maximum atomic E-state index is 9.82. The summed E-state index contributed by atoms with van der Waals surface area (Å²) < 4.78 is 11.6. The average molecular weight is 480 g/mol. The Hall–Kier alpha value is -3.86. The van der Waals surface area contributed by atoms with Crippen LogP contribution >= 0.6 is 0 Å². The van der Waals surface area contributed by atoms with Gasteiger partial charge in [-0.25, -0.2) is 4.98 Å². The van der Waals surface area contributed by atoms with Crippen LogP contribution in [0.3, 0.4) is 0 Å². The number of anilines is 1. The van der Waals surface area contributed by atoms with Crippen LogP contribution in [0.4, 0.5) is 5.69 Å². The third kappa shape index (κ3) is 4.53. The number of nitrogens with one attached hydrogen (secondary N) is 2. The Labute approximate surface area is 210 Å². The van der Waals surface area contributed by atoms with Gasteiger partial charge in [-0.1, -0.05) is 18.2 Å². The number of aromatic nitrogens is 2. The first-order chi connectivity index (χ1) is 17.8. The molecule has 0 saturated carbocycles. The van der Waals surface area contributed by atoms with Crippen molar-refractivity contribution in [3.63, 3.8) is 0 Å². The van der Waals surface area contributed by atoms with E-state index in [1.165, 1.54) is 5.69 Å². The predicted octanol–water partition coefficient (Wildman–Crippen LogP) is 4.74. The van der Waals surface area contributed by atoms with Gasteiger partial charge in [0.25, 0.3) is 0 Å². The summed E-state index contributed by atoms with van der Waals surface area (Å²) in [5.74, 6) is 0.637. The van der Waals surface area contributed by atoms with E-state index < -0.39 is 0 Å². The topological polar surface area (TPSA) is 86.2 Å². The summed E-state index contributed by atoms with van der Waals surface area (Å²) in [6.45, 7) is 5.51. The highest BCUT2D eigenvalue weighted by molar-refractivity contribution is 5.96. The highest BCUT2D eigenvalue weighted by Gasteiger charge is 2.18. The molecule has 182 valence electrons. The smallest absolute Gasteiger partial charge is 0.138 e. The number of benzene rings is 2. The van der Waals surface area contributed by atoms with E-state index >= 15 is 0 Å². The van der Waals surface area contributed by atoms with Crippen LogP contribution < -0.4 is 15.0 Å². The molecule has 0 unspecified atom stereocenters. The van der Waals surface area contributed by atoms with Gasteiger partial charge in [0.15, 0.2) is 0 Å². The Kier molecular flexibility index (Phi) is 6.29. The first-order valence-corrected chi connectivity index (χ1v) is 12.6. The number of nitrogens with zero attached hydrogens (tertiary/aromatic N) is 3. The molecule has 2 aliphatic heterocycles. The molecule has 2 saturated heterocycles. The van der Waals surface area contributed by atoms with Gasteiger partial charge in [0, 0.05) is 62.0 Å². The van der Waals surface area contributed by atoms with Gasteiger partial charge >= 0.3 is 0 Å². The van der Waals surface area contributed by atoms with Crippen LogP contribution in [-0.4, -0.2) is 55.5 Å². The molecule has 2 fully saturated rings. The lowest BCUT2D eigenvalue weighted by Gasteiger charge is -2.29. The molecule has 36 heavy (non-hydrogen) atoms. The normalized spacial score (nSPS) is 16.7. The van der Waals surface area contributed by atoms with Crippen molar-refractivity contribution in [1.82, 2.24) is 15.3 Å². The lowest BCUT2D eigenvalue weighted by atomic mass is 10.0. The Morgan fingerprint density at radius 1 is 0.972 bits per heavy atom. The fourth-order valence-electron chi connectivity index (χ4n) is 5.07. The molecule has 2 aromatic carbocycles. The Balaban J connectivity index is 1.29. The SMILES string of the molecule is N#Cc1cc(-c2ccnc3[nH]c(-c4ccc(N5CCNCC5)cc4)cc23)ccc1OC1CCOCC1. The molecule has 0 aliphatic carbocycles. The number of hydrogen-bond acceptors (Lipinski definition) is 6.